The molecule has 2 rings (SSSR count). The summed E-state index contributed by atoms with van der Waals surface area (Å²) < 4.78 is 37.2. The summed E-state index contributed by atoms with van der Waals surface area (Å²) in [6, 6.07) is 5.66. The van der Waals surface area contributed by atoms with Crippen molar-refractivity contribution in [3.63, 3.8) is 0 Å². The van der Waals surface area contributed by atoms with E-state index in [-0.39, 0.29) is 36.5 Å². The molecular formula is C14H17F3IN5S. The molecule has 0 spiro atoms. The molecule has 10 heteroatoms. The molecule has 0 aromatic carbocycles. The highest BCUT2D eigenvalue weighted by Crippen LogP contribution is 2.30. The second-order valence-electron chi connectivity index (χ2n) is 4.64. The van der Waals surface area contributed by atoms with E-state index >= 15 is 0 Å². The third-order valence-corrected chi connectivity index (χ3v) is 3.77. The number of halogens is 4. The van der Waals surface area contributed by atoms with Crippen LogP contribution < -0.4 is 11.1 Å². The number of guanidine groups is 1. The number of alkyl halides is 3. The molecule has 0 radical (unpaired) electrons. The number of nitrogens with two attached hydrogens (primary N) is 1. The molecule has 0 fully saturated rings. The molecule has 2 aromatic rings. The van der Waals surface area contributed by atoms with Gasteiger partial charge in [-0.25, -0.2) is 4.98 Å². The molecule has 0 saturated heterocycles. The lowest BCUT2D eigenvalue weighted by atomic mass is 10.3. The summed E-state index contributed by atoms with van der Waals surface area (Å²) in [5.74, 6) is 0.258. The molecule has 0 aliphatic rings. The largest absolute Gasteiger partial charge is 0.434 e. The van der Waals surface area contributed by atoms with E-state index in [9.17, 15) is 13.2 Å². The molecule has 3 N–H and O–H groups in total. The van der Waals surface area contributed by atoms with Crippen molar-refractivity contribution >= 4 is 41.3 Å². The summed E-state index contributed by atoms with van der Waals surface area (Å²) >= 11 is 0.973. The fraction of sp³-hybridized carbons (Fsp3) is 0.357. The first-order valence-electron chi connectivity index (χ1n) is 6.90. The van der Waals surface area contributed by atoms with Crippen LogP contribution in [-0.4, -0.2) is 29.0 Å². The smallest absolute Gasteiger partial charge is 0.370 e. The van der Waals surface area contributed by atoms with Gasteiger partial charge in [-0.15, -0.1) is 35.3 Å². The van der Waals surface area contributed by atoms with Crippen molar-refractivity contribution in [1.29, 1.82) is 0 Å². The topological polar surface area (TPSA) is 76.2 Å². The molecule has 0 bridgehead atoms. The van der Waals surface area contributed by atoms with Gasteiger partial charge in [-0.2, -0.15) is 13.2 Å². The van der Waals surface area contributed by atoms with Gasteiger partial charge in [0.15, 0.2) is 11.7 Å². The van der Waals surface area contributed by atoms with Gasteiger partial charge in [0.05, 0.1) is 5.01 Å². The van der Waals surface area contributed by atoms with Gasteiger partial charge in [-0.3, -0.25) is 9.98 Å². The van der Waals surface area contributed by atoms with E-state index < -0.39 is 11.9 Å². The van der Waals surface area contributed by atoms with Crippen molar-refractivity contribution in [3.05, 3.63) is 46.2 Å². The molecule has 0 aliphatic carbocycles. The van der Waals surface area contributed by atoms with E-state index in [0.717, 1.165) is 22.4 Å². The summed E-state index contributed by atoms with van der Waals surface area (Å²) in [4.78, 5) is 11.8. The lowest BCUT2D eigenvalue weighted by molar-refractivity contribution is -0.140. The first kappa shape index (κ1) is 20.6. The number of aromatic nitrogens is 2. The molecule has 5 nitrogen and oxygen atoms in total. The van der Waals surface area contributed by atoms with Gasteiger partial charge in [0.25, 0.3) is 0 Å². The number of pyridine rings is 1. The van der Waals surface area contributed by atoms with Gasteiger partial charge in [-0.1, -0.05) is 6.07 Å². The Balaban J connectivity index is 0.00000288. The summed E-state index contributed by atoms with van der Waals surface area (Å²) in [6.45, 7) is 0.870. The molecular weight excluding hydrogens is 454 g/mol. The van der Waals surface area contributed by atoms with E-state index in [4.69, 9.17) is 5.73 Å². The van der Waals surface area contributed by atoms with Crippen molar-refractivity contribution in [1.82, 2.24) is 15.3 Å². The molecule has 132 valence electrons. The maximum atomic E-state index is 12.4. The number of rotatable bonds is 6. The first-order valence-corrected chi connectivity index (χ1v) is 7.78. The van der Waals surface area contributed by atoms with Gasteiger partial charge < -0.3 is 11.1 Å². The number of hydrogen-bond acceptors (Lipinski definition) is 4. The van der Waals surface area contributed by atoms with Gasteiger partial charge >= 0.3 is 6.18 Å². The maximum absolute atomic E-state index is 12.4. The van der Waals surface area contributed by atoms with Crippen LogP contribution in [-0.2, 0) is 19.0 Å². The standard InChI is InChI=1S/C14H16F3N5S.HI/c15-14(16,17)11-9-23-12(22-11)5-8-21-13(18)20-7-4-10-3-1-2-6-19-10;/h1-3,6,9H,4-5,7-8H2,(H3,18,20,21);1H. The van der Waals surface area contributed by atoms with Gasteiger partial charge in [-0.05, 0) is 12.1 Å². The zero-order valence-corrected chi connectivity index (χ0v) is 15.7. The van der Waals surface area contributed by atoms with Crippen LogP contribution in [0.25, 0.3) is 0 Å². The Labute approximate surface area is 158 Å². The highest BCUT2D eigenvalue weighted by molar-refractivity contribution is 14.0. The lowest BCUT2D eigenvalue weighted by Crippen LogP contribution is -2.33. The number of aliphatic imine (C=N–C) groups is 1. The van der Waals surface area contributed by atoms with Crippen LogP contribution in [0.15, 0.2) is 34.8 Å². The third kappa shape index (κ3) is 6.99. The third-order valence-electron chi connectivity index (χ3n) is 2.86. The van der Waals surface area contributed by atoms with Gasteiger partial charge in [0.1, 0.15) is 0 Å². The average molecular weight is 471 g/mol. The van der Waals surface area contributed by atoms with Crippen LogP contribution in [0.1, 0.15) is 16.4 Å². The SMILES string of the molecule is I.NC(=NCCc1nc(C(F)(F)F)cs1)NCCc1ccccn1. The van der Waals surface area contributed by atoms with Crippen LogP contribution in [0.4, 0.5) is 13.2 Å². The Bertz CT molecular complexity index is 645. The fourth-order valence-electron chi connectivity index (χ4n) is 1.75. The fourth-order valence-corrected chi connectivity index (χ4v) is 2.54. The molecule has 2 heterocycles. The van der Waals surface area contributed by atoms with Crippen LogP contribution >= 0.6 is 35.3 Å². The second-order valence-corrected chi connectivity index (χ2v) is 5.58. The second kappa shape index (κ2) is 9.77. The normalized spacial score (nSPS) is 11.9. The number of nitrogens with zero attached hydrogens (tertiary/aromatic N) is 3. The van der Waals surface area contributed by atoms with E-state index in [1.165, 1.54) is 0 Å². The highest BCUT2D eigenvalue weighted by atomic mass is 127. The Kier molecular flexibility index (Phi) is 8.39. The van der Waals surface area contributed by atoms with Crippen LogP contribution in [0, 0.1) is 0 Å². The molecule has 0 atom stereocenters. The van der Waals surface area contributed by atoms with Crippen molar-refractivity contribution in [3.8, 4) is 0 Å². The van der Waals surface area contributed by atoms with Crippen molar-refractivity contribution in [2.45, 2.75) is 19.0 Å². The van der Waals surface area contributed by atoms with E-state index in [1.54, 1.807) is 6.20 Å². The van der Waals surface area contributed by atoms with Crippen LogP contribution in [0.5, 0.6) is 0 Å². The predicted octanol–water partition coefficient (Wildman–Crippen LogP) is 2.86. The van der Waals surface area contributed by atoms with Crippen LogP contribution in [0.3, 0.4) is 0 Å². The Morgan fingerprint density at radius 2 is 2.08 bits per heavy atom. The molecule has 2 aromatic heterocycles. The number of thiazole rings is 1. The Hall–Kier alpha value is -1.43. The molecule has 0 aliphatic heterocycles. The maximum Gasteiger partial charge on any atom is 0.434 e. The van der Waals surface area contributed by atoms with Crippen molar-refractivity contribution in [2.75, 3.05) is 13.1 Å². The Morgan fingerprint density at radius 3 is 2.71 bits per heavy atom. The number of hydrogen-bond donors (Lipinski definition) is 2. The average Bonchev–Trinajstić information content (AvgIpc) is 2.97. The number of nitrogens with one attached hydrogen (secondary N) is 1. The van der Waals surface area contributed by atoms with Gasteiger partial charge in [0.2, 0.25) is 0 Å². The van der Waals surface area contributed by atoms with Gasteiger partial charge in [0, 0.05) is 43.2 Å². The molecule has 24 heavy (non-hydrogen) atoms. The van der Waals surface area contributed by atoms with Crippen molar-refractivity contribution < 1.29 is 13.2 Å². The quantitative estimate of drug-likeness (QED) is 0.386. The summed E-state index contributed by atoms with van der Waals surface area (Å²) in [5.41, 5.74) is 5.78. The lowest BCUT2D eigenvalue weighted by Gasteiger charge is -2.05. The molecule has 0 unspecified atom stereocenters. The monoisotopic (exact) mass is 471 g/mol. The van der Waals surface area contributed by atoms with Crippen molar-refractivity contribution in [2.24, 2.45) is 10.7 Å². The zero-order chi connectivity index (χ0) is 16.7. The zero-order valence-electron chi connectivity index (χ0n) is 12.6. The summed E-state index contributed by atoms with van der Waals surface area (Å²) in [5, 5.41) is 4.34. The first-order chi connectivity index (χ1) is 10.9. The predicted molar refractivity (Wildman–Crippen MR) is 98.7 cm³/mol. The minimum absolute atomic E-state index is 0. The minimum Gasteiger partial charge on any atom is -0.370 e. The molecule has 0 saturated carbocycles. The van der Waals surface area contributed by atoms with E-state index in [2.05, 4.69) is 20.3 Å². The summed E-state index contributed by atoms with van der Waals surface area (Å²) in [7, 11) is 0. The molecule has 0 amide bonds. The highest BCUT2D eigenvalue weighted by Gasteiger charge is 2.33. The summed E-state index contributed by atoms with van der Waals surface area (Å²) in [6.07, 6.45) is -1.65. The van der Waals surface area contributed by atoms with Crippen LogP contribution in [0.2, 0.25) is 0 Å². The minimum atomic E-state index is -4.40. The Morgan fingerprint density at radius 1 is 1.29 bits per heavy atom. The van der Waals surface area contributed by atoms with E-state index in [1.807, 2.05) is 18.2 Å². The van der Waals surface area contributed by atoms with E-state index in [0.29, 0.717) is 24.4 Å².